The van der Waals surface area contributed by atoms with E-state index in [9.17, 15) is 0 Å². The molecule has 2 unspecified atom stereocenters. The van der Waals surface area contributed by atoms with Crippen LogP contribution in [0.15, 0.2) is 0 Å². The van der Waals surface area contributed by atoms with E-state index >= 15 is 0 Å². The molecule has 15 heavy (non-hydrogen) atoms. The van der Waals surface area contributed by atoms with Crippen molar-refractivity contribution in [1.29, 1.82) is 0 Å². The molecule has 0 aromatic rings. The van der Waals surface area contributed by atoms with Crippen LogP contribution in [0.5, 0.6) is 0 Å². The Morgan fingerprint density at radius 2 is 2.20 bits per heavy atom. The maximum Gasteiger partial charge on any atom is 0.0589 e. The van der Waals surface area contributed by atoms with Crippen LogP contribution in [0, 0.1) is 0 Å². The maximum absolute atomic E-state index is 5.18. The Labute approximate surface area is 97.9 Å². The van der Waals surface area contributed by atoms with Crippen LogP contribution in [0.2, 0.25) is 0 Å². The molecule has 0 spiro atoms. The maximum atomic E-state index is 5.18. The van der Waals surface area contributed by atoms with Crippen molar-refractivity contribution < 1.29 is 4.74 Å². The number of methoxy groups -OCH3 is 1. The summed E-state index contributed by atoms with van der Waals surface area (Å²) in [4.78, 5) is 2.56. The van der Waals surface area contributed by atoms with Crippen molar-refractivity contribution in [3.05, 3.63) is 0 Å². The van der Waals surface area contributed by atoms with Gasteiger partial charge in [0.15, 0.2) is 0 Å². The predicted octanol–water partition coefficient (Wildman–Crippen LogP) is 1.05. The van der Waals surface area contributed by atoms with E-state index in [-0.39, 0.29) is 0 Å². The van der Waals surface area contributed by atoms with Gasteiger partial charge in [0.25, 0.3) is 0 Å². The highest BCUT2D eigenvalue weighted by Gasteiger charge is 2.32. The van der Waals surface area contributed by atoms with Gasteiger partial charge in [0, 0.05) is 44.1 Å². The molecule has 2 atom stereocenters. The smallest absolute Gasteiger partial charge is 0.0589 e. The van der Waals surface area contributed by atoms with Crippen LogP contribution in [0.4, 0.5) is 0 Å². The van der Waals surface area contributed by atoms with Crippen molar-refractivity contribution in [1.82, 2.24) is 10.2 Å². The fourth-order valence-corrected chi connectivity index (χ4v) is 3.07. The Balaban J connectivity index is 2.53. The van der Waals surface area contributed by atoms with Crippen LogP contribution in [-0.2, 0) is 4.74 Å². The minimum atomic E-state index is 0.597. The molecule has 4 heteroatoms. The Morgan fingerprint density at radius 3 is 2.73 bits per heavy atom. The summed E-state index contributed by atoms with van der Waals surface area (Å²) in [6.45, 7) is 8.67. The molecule has 0 amide bonds. The molecule has 3 nitrogen and oxygen atoms in total. The first-order valence-electron chi connectivity index (χ1n) is 5.69. The van der Waals surface area contributed by atoms with Crippen molar-refractivity contribution in [2.45, 2.75) is 31.2 Å². The van der Waals surface area contributed by atoms with E-state index in [1.807, 2.05) is 11.8 Å². The van der Waals surface area contributed by atoms with Crippen molar-refractivity contribution in [2.24, 2.45) is 0 Å². The van der Waals surface area contributed by atoms with Gasteiger partial charge in [-0.1, -0.05) is 0 Å². The fourth-order valence-electron chi connectivity index (χ4n) is 2.22. The number of hydrogen-bond donors (Lipinski definition) is 1. The van der Waals surface area contributed by atoms with Gasteiger partial charge in [-0.3, -0.25) is 4.90 Å². The van der Waals surface area contributed by atoms with Crippen molar-refractivity contribution >= 4 is 11.8 Å². The fraction of sp³-hybridized carbons (Fsp3) is 1.00. The Bertz CT molecular complexity index is 178. The van der Waals surface area contributed by atoms with E-state index in [1.165, 1.54) is 0 Å². The normalized spacial score (nSPS) is 26.8. The highest BCUT2D eigenvalue weighted by Crippen LogP contribution is 2.21. The highest BCUT2D eigenvalue weighted by molar-refractivity contribution is 7.99. The third-order valence-electron chi connectivity index (χ3n) is 3.07. The Kier molecular flexibility index (Phi) is 5.97. The average Bonchev–Trinajstić information content (AvgIpc) is 2.66. The zero-order chi connectivity index (χ0) is 11.3. The minimum Gasteiger partial charge on any atom is -0.383 e. The molecule has 0 radical (unpaired) electrons. The average molecular weight is 232 g/mol. The molecule has 1 fully saturated rings. The lowest BCUT2D eigenvalue weighted by atomic mass is 10.1. The summed E-state index contributed by atoms with van der Waals surface area (Å²) in [6.07, 6.45) is 2.21. The number of nitrogens with one attached hydrogen (secondary N) is 1. The van der Waals surface area contributed by atoms with E-state index in [1.54, 1.807) is 7.11 Å². The lowest BCUT2D eigenvalue weighted by molar-refractivity contribution is 0.103. The number of rotatable bonds is 6. The van der Waals surface area contributed by atoms with Crippen LogP contribution in [0.25, 0.3) is 0 Å². The lowest BCUT2D eigenvalue weighted by Crippen LogP contribution is -2.47. The highest BCUT2D eigenvalue weighted by atomic mass is 32.2. The van der Waals surface area contributed by atoms with Gasteiger partial charge in [-0.05, 0) is 20.1 Å². The standard InChI is InChI=1S/C11H24N2OS/c1-9(2)13(5-6-14-3)10-7-12-8-11(10)15-4/h9-12H,5-8H2,1-4H3. The first-order chi connectivity index (χ1) is 7.20. The van der Waals surface area contributed by atoms with Gasteiger partial charge < -0.3 is 10.1 Å². The molecule has 1 aliphatic rings. The number of nitrogens with zero attached hydrogens (tertiary/aromatic N) is 1. The molecule has 0 aliphatic carbocycles. The van der Waals surface area contributed by atoms with E-state index in [0.717, 1.165) is 31.5 Å². The molecule has 1 heterocycles. The summed E-state index contributed by atoms with van der Waals surface area (Å²) < 4.78 is 5.18. The van der Waals surface area contributed by atoms with Gasteiger partial charge in [0.05, 0.1) is 6.61 Å². The number of thioether (sulfide) groups is 1. The van der Waals surface area contributed by atoms with Gasteiger partial charge in [0.2, 0.25) is 0 Å². The van der Waals surface area contributed by atoms with E-state index in [0.29, 0.717) is 12.1 Å². The second kappa shape index (κ2) is 6.74. The molecular weight excluding hydrogens is 208 g/mol. The summed E-state index contributed by atoms with van der Waals surface area (Å²) in [5.41, 5.74) is 0. The van der Waals surface area contributed by atoms with Crippen molar-refractivity contribution in [3.63, 3.8) is 0 Å². The van der Waals surface area contributed by atoms with Crippen molar-refractivity contribution in [2.75, 3.05) is 39.6 Å². The largest absolute Gasteiger partial charge is 0.383 e. The van der Waals surface area contributed by atoms with Crippen molar-refractivity contribution in [3.8, 4) is 0 Å². The monoisotopic (exact) mass is 232 g/mol. The molecule has 1 N–H and O–H groups in total. The summed E-state index contributed by atoms with van der Waals surface area (Å²) in [7, 11) is 1.78. The van der Waals surface area contributed by atoms with E-state index < -0.39 is 0 Å². The van der Waals surface area contributed by atoms with Gasteiger partial charge in [-0.15, -0.1) is 0 Å². The summed E-state index contributed by atoms with van der Waals surface area (Å²) in [5.74, 6) is 0. The van der Waals surface area contributed by atoms with Crippen LogP contribution in [0.1, 0.15) is 13.8 Å². The molecule has 90 valence electrons. The SMILES string of the molecule is COCCN(C(C)C)C1CNCC1SC. The zero-order valence-corrected chi connectivity index (χ0v) is 11.1. The van der Waals surface area contributed by atoms with Crippen LogP contribution in [-0.4, -0.2) is 61.8 Å². The van der Waals surface area contributed by atoms with Crippen LogP contribution >= 0.6 is 11.8 Å². The summed E-state index contributed by atoms with van der Waals surface area (Å²) >= 11 is 1.97. The molecule has 0 saturated carbocycles. The first kappa shape index (κ1) is 13.3. The van der Waals surface area contributed by atoms with Gasteiger partial charge >= 0.3 is 0 Å². The lowest BCUT2D eigenvalue weighted by Gasteiger charge is -2.34. The number of ether oxygens (including phenoxy) is 1. The minimum absolute atomic E-state index is 0.597. The third-order valence-corrected chi connectivity index (χ3v) is 4.16. The van der Waals surface area contributed by atoms with Crippen LogP contribution in [0.3, 0.4) is 0 Å². The second-order valence-electron chi connectivity index (χ2n) is 4.32. The van der Waals surface area contributed by atoms with Gasteiger partial charge in [0.1, 0.15) is 0 Å². The molecule has 1 saturated heterocycles. The topological polar surface area (TPSA) is 24.5 Å². The first-order valence-corrected chi connectivity index (χ1v) is 6.97. The van der Waals surface area contributed by atoms with Crippen LogP contribution < -0.4 is 5.32 Å². The van der Waals surface area contributed by atoms with Gasteiger partial charge in [-0.2, -0.15) is 11.8 Å². The molecule has 0 aromatic carbocycles. The second-order valence-corrected chi connectivity index (χ2v) is 5.40. The molecule has 0 bridgehead atoms. The van der Waals surface area contributed by atoms with E-state index in [4.69, 9.17) is 4.74 Å². The Morgan fingerprint density at radius 1 is 1.47 bits per heavy atom. The molecule has 1 rings (SSSR count). The zero-order valence-electron chi connectivity index (χ0n) is 10.3. The summed E-state index contributed by atoms with van der Waals surface area (Å²) in [6, 6.07) is 1.26. The third kappa shape index (κ3) is 3.63. The number of hydrogen-bond acceptors (Lipinski definition) is 4. The predicted molar refractivity (Wildman–Crippen MR) is 67.7 cm³/mol. The molecule has 1 aliphatic heterocycles. The molecule has 0 aromatic heterocycles. The van der Waals surface area contributed by atoms with Gasteiger partial charge in [-0.25, -0.2) is 0 Å². The summed E-state index contributed by atoms with van der Waals surface area (Å²) in [5, 5.41) is 4.21. The molecular formula is C11H24N2OS. The quantitative estimate of drug-likeness (QED) is 0.740. The van der Waals surface area contributed by atoms with E-state index in [2.05, 4.69) is 30.3 Å². The Hall–Kier alpha value is 0.230.